The Bertz CT molecular complexity index is 249. The maximum atomic E-state index is 11.4. The second-order valence-corrected chi connectivity index (χ2v) is 5.72. The van der Waals surface area contributed by atoms with Crippen LogP contribution in [0.1, 0.15) is 65.7 Å². The van der Waals surface area contributed by atoms with Crippen LogP contribution in [-0.4, -0.2) is 22.7 Å². The van der Waals surface area contributed by atoms with Gasteiger partial charge in [0.1, 0.15) is 5.54 Å². The molecule has 2 atom stereocenters. The summed E-state index contributed by atoms with van der Waals surface area (Å²) in [6.07, 6.45) is 8.02. The first-order valence-corrected chi connectivity index (χ1v) is 7.00. The molecule has 100 valence electrons. The van der Waals surface area contributed by atoms with Crippen molar-refractivity contribution in [2.24, 2.45) is 5.92 Å². The summed E-state index contributed by atoms with van der Waals surface area (Å²) < 4.78 is 0. The van der Waals surface area contributed by atoms with Crippen molar-refractivity contribution in [1.82, 2.24) is 5.32 Å². The van der Waals surface area contributed by atoms with Gasteiger partial charge >= 0.3 is 5.97 Å². The molecule has 0 saturated heterocycles. The van der Waals surface area contributed by atoms with Crippen LogP contribution in [-0.2, 0) is 4.79 Å². The van der Waals surface area contributed by atoms with Gasteiger partial charge in [0.2, 0.25) is 0 Å². The molecule has 3 heteroatoms. The molecule has 0 heterocycles. The smallest absolute Gasteiger partial charge is 0.323 e. The number of carboxylic acids is 1. The van der Waals surface area contributed by atoms with Gasteiger partial charge in [-0.25, -0.2) is 0 Å². The van der Waals surface area contributed by atoms with Crippen LogP contribution >= 0.6 is 0 Å². The van der Waals surface area contributed by atoms with Gasteiger partial charge in [-0.1, -0.05) is 32.6 Å². The molecule has 1 saturated carbocycles. The van der Waals surface area contributed by atoms with Crippen molar-refractivity contribution >= 4 is 5.97 Å². The molecule has 0 spiro atoms. The third kappa shape index (κ3) is 3.98. The lowest BCUT2D eigenvalue weighted by molar-refractivity contribution is -0.145. The molecule has 2 N–H and O–H groups in total. The molecule has 1 aliphatic rings. The maximum Gasteiger partial charge on any atom is 0.323 e. The SMILES string of the molecule is CCCC(C)(NC(C)C1CCCCC1)C(=O)O. The molecule has 2 unspecified atom stereocenters. The average molecular weight is 241 g/mol. The van der Waals surface area contributed by atoms with Crippen LogP contribution in [0.25, 0.3) is 0 Å². The quantitative estimate of drug-likeness (QED) is 0.751. The number of hydrogen-bond donors (Lipinski definition) is 2. The van der Waals surface area contributed by atoms with E-state index in [2.05, 4.69) is 12.2 Å². The van der Waals surface area contributed by atoms with E-state index in [1.54, 1.807) is 0 Å². The standard InChI is InChI=1S/C14H27NO2/c1-4-10-14(3,13(16)17)15-11(2)12-8-6-5-7-9-12/h11-12,15H,4-10H2,1-3H3,(H,16,17). The summed E-state index contributed by atoms with van der Waals surface area (Å²) in [5, 5.41) is 12.7. The molecule has 0 aromatic rings. The van der Waals surface area contributed by atoms with Crippen LogP contribution in [0.4, 0.5) is 0 Å². The summed E-state index contributed by atoms with van der Waals surface area (Å²) in [7, 11) is 0. The molecule has 0 aromatic carbocycles. The normalized spacial score (nSPS) is 23.0. The second kappa shape index (κ2) is 6.39. The Kier molecular flexibility index (Phi) is 5.44. The molecule has 3 nitrogen and oxygen atoms in total. The van der Waals surface area contributed by atoms with E-state index in [0.29, 0.717) is 18.4 Å². The molecular weight excluding hydrogens is 214 g/mol. The van der Waals surface area contributed by atoms with Crippen LogP contribution in [0.5, 0.6) is 0 Å². The summed E-state index contributed by atoms with van der Waals surface area (Å²) in [5.74, 6) is -0.0682. The first kappa shape index (κ1) is 14.5. The highest BCUT2D eigenvalue weighted by atomic mass is 16.4. The van der Waals surface area contributed by atoms with Gasteiger partial charge in [-0.2, -0.15) is 0 Å². The minimum absolute atomic E-state index is 0.308. The van der Waals surface area contributed by atoms with Gasteiger partial charge in [-0.15, -0.1) is 0 Å². The number of carboxylic acid groups (broad SMARTS) is 1. The second-order valence-electron chi connectivity index (χ2n) is 5.72. The molecule has 0 amide bonds. The average Bonchev–Trinajstić information content (AvgIpc) is 2.30. The van der Waals surface area contributed by atoms with Crippen LogP contribution in [0.2, 0.25) is 0 Å². The van der Waals surface area contributed by atoms with E-state index in [-0.39, 0.29) is 0 Å². The van der Waals surface area contributed by atoms with E-state index in [9.17, 15) is 9.90 Å². The fraction of sp³-hybridized carbons (Fsp3) is 0.929. The molecule has 0 radical (unpaired) electrons. The third-order valence-electron chi connectivity index (χ3n) is 4.13. The van der Waals surface area contributed by atoms with Crippen molar-refractivity contribution in [2.75, 3.05) is 0 Å². The molecule has 1 rings (SSSR count). The third-order valence-corrected chi connectivity index (χ3v) is 4.13. The van der Waals surface area contributed by atoms with Crippen molar-refractivity contribution in [1.29, 1.82) is 0 Å². The topological polar surface area (TPSA) is 49.3 Å². The summed E-state index contributed by atoms with van der Waals surface area (Å²) in [5.41, 5.74) is -0.758. The maximum absolute atomic E-state index is 11.4. The van der Waals surface area contributed by atoms with Gasteiger partial charge in [0.25, 0.3) is 0 Å². The van der Waals surface area contributed by atoms with Gasteiger partial charge in [0.05, 0.1) is 0 Å². The van der Waals surface area contributed by atoms with Gasteiger partial charge in [-0.05, 0) is 39.0 Å². The largest absolute Gasteiger partial charge is 0.480 e. The lowest BCUT2D eigenvalue weighted by Crippen LogP contribution is -2.55. The molecule has 0 bridgehead atoms. The Morgan fingerprint density at radius 1 is 1.41 bits per heavy atom. The predicted molar refractivity (Wildman–Crippen MR) is 70.1 cm³/mol. The molecule has 0 aliphatic heterocycles. The first-order chi connectivity index (χ1) is 7.99. The number of hydrogen-bond acceptors (Lipinski definition) is 2. The summed E-state index contributed by atoms with van der Waals surface area (Å²) in [4.78, 5) is 11.4. The molecule has 1 fully saturated rings. The molecule has 1 aliphatic carbocycles. The summed E-state index contributed by atoms with van der Waals surface area (Å²) in [6, 6.07) is 0.308. The van der Waals surface area contributed by atoms with E-state index in [1.165, 1.54) is 32.1 Å². The van der Waals surface area contributed by atoms with Gasteiger partial charge in [0, 0.05) is 6.04 Å². The number of rotatable bonds is 6. The Morgan fingerprint density at radius 2 is 2.00 bits per heavy atom. The lowest BCUT2D eigenvalue weighted by atomic mass is 9.83. The van der Waals surface area contributed by atoms with Crippen molar-refractivity contribution in [3.8, 4) is 0 Å². The minimum atomic E-state index is -0.758. The van der Waals surface area contributed by atoms with E-state index in [0.717, 1.165) is 6.42 Å². The van der Waals surface area contributed by atoms with Crippen molar-refractivity contribution in [3.05, 3.63) is 0 Å². The number of nitrogens with one attached hydrogen (secondary N) is 1. The Balaban J connectivity index is 2.56. The van der Waals surface area contributed by atoms with Crippen LogP contribution < -0.4 is 5.32 Å². The van der Waals surface area contributed by atoms with E-state index < -0.39 is 11.5 Å². The fourth-order valence-corrected chi connectivity index (χ4v) is 3.00. The monoisotopic (exact) mass is 241 g/mol. The summed E-state index contributed by atoms with van der Waals surface area (Å²) in [6.45, 7) is 6.00. The zero-order chi connectivity index (χ0) is 12.9. The van der Waals surface area contributed by atoms with Crippen molar-refractivity contribution < 1.29 is 9.90 Å². The van der Waals surface area contributed by atoms with Crippen molar-refractivity contribution in [3.63, 3.8) is 0 Å². The molecular formula is C14H27NO2. The van der Waals surface area contributed by atoms with Crippen LogP contribution in [0.3, 0.4) is 0 Å². The first-order valence-electron chi connectivity index (χ1n) is 7.00. The lowest BCUT2D eigenvalue weighted by Gasteiger charge is -2.35. The Morgan fingerprint density at radius 3 is 2.47 bits per heavy atom. The van der Waals surface area contributed by atoms with E-state index in [4.69, 9.17) is 0 Å². The van der Waals surface area contributed by atoms with E-state index in [1.807, 2.05) is 13.8 Å². The van der Waals surface area contributed by atoms with Crippen LogP contribution in [0, 0.1) is 5.92 Å². The highest BCUT2D eigenvalue weighted by Crippen LogP contribution is 2.28. The van der Waals surface area contributed by atoms with Gasteiger partial charge in [-0.3, -0.25) is 10.1 Å². The van der Waals surface area contributed by atoms with Gasteiger partial charge in [0.15, 0.2) is 0 Å². The Hall–Kier alpha value is -0.570. The highest BCUT2D eigenvalue weighted by molar-refractivity contribution is 5.78. The molecule has 17 heavy (non-hydrogen) atoms. The van der Waals surface area contributed by atoms with Crippen LogP contribution in [0.15, 0.2) is 0 Å². The summed E-state index contributed by atoms with van der Waals surface area (Å²) >= 11 is 0. The van der Waals surface area contributed by atoms with Gasteiger partial charge < -0.3 is 5.11 Å². The molecule has 0 aromatic heterocycles. The zero-order valence-electron chi connectivity index (χ0n) is 11.5. The fourth-order valence-electron chi connectivity index (χ4n) is 3.00. The van der Waals surface area contributed by atoms with Crippen molar-refractivity contribution in [2.45, 2.75) is 77.3 Å². The predicted octanol–water partition coefficient (Wildman–Crippen LogP) is 3.19. The minimum Gasteiger partial charge on any atom is -0.480 e. The highest BCUT2D eigenvalue weighted by Gasteiger charge is 2.35. The number of aliphatic carboxylic acids is 1. The Labute approximate surface area is 105 Å². The number of carbonyl (C=O) groups is 1. The van der Waals surface area contributed by atoms with E-state index >= 15 is 0 Å². The zero-order valence-corrected chi connectivity index (χ0v) is 11.5.